The highest BCUT2D eigenvalue weighted by Crippen LogP contribution is 2.42. The third-order valence-corrected chi connectivity index (χ3v) is 10.7. The van der Waals surface area contributed by atoms with Crippen LogP contribution in [0.5, 0.6) is 0 Å². The summed E-state index contributed by atoms with van der Waals surface area (Å²) in [7, 11) is 0. The fourth-order valence-corrected chi connectivity index (χ4v) is 8.60. The van der Waals surface area contributed by atoms with E-state index in [0.29, 0.717) is 0 Å². The SMILES string of the molecule is O=c1c2cccc(-c3ccc(-c4cccc(-n5c6ccccc6c6ccccc65)c4)c4ccccc34)c2c2cccc3c4ccccc4n1c32. The summed E-state index contributed by atoms with van der Waals surface area (Å²) >= 11 is 0. The van der Waals surface area contributed by atoms with Gasteiger partial charge in [-0.05, 0) is 69.4 Å². The lowest BCUT2D eigenvalue weighted by Gasteiger charge is -2.16. The van der Waals surface area contributed by atoms with Crippen molar-refractivity contribution in [2.75, 3.05) is 0 Å². The molecule has 0 spiro atoms. The topological polar surface area (TPSA) is 26.4 Å². The maximum Gasteiger partial charge on any atom is 0.263 e. The summed E-state index contributed by atoms with van der Waals surface area (Å²) in [6.07, 6.45) is 0. The normalized spacial score (nSPS) is 12.1. The van der Waals surface area contributed by atoms with Crippen LogP contribution in [0.25, 0.3) is 98.5 Å². The molecule has 3 heterocycles. The molecule has 11 rings (SSSR count). The van der Waals surface area contributed by atoms with Crippen LogP contribution in [0.1, 0.15) is 0 Å². The molecule has 3 aromatic heterocycles. The number of aromatic nitrogens is 2. The molecule has 0 fully saturated rings. The van der Waals surface area contributed by atoms with Gasteiger partial charge in [0.25, 0.3) is 5.56 Å². The van der Waals surface area contributed by atoms with E-state index in [1.807, 2.05) is 34.7 Å². The van der Waals surface area contributed by atoms with Gasteiger partial charge in [0.15, 0.2) is 0 Å². The van der Waals surface area contributed by atoms with Crippen LogP contribution < -0.4 is 5.56 Å². The molecule has 11 aromatic rings. The van der Waals surface area contributed by atoms with Gasteiger partial charge in [0.05, 0.1) is 22.1 Å². The van der Waals surface area contributed by atoms with Crippen LogP contribution in [-0.4, -0.2) is 8.97 Å². The van der Waals surface area contributed by atoms with Crippen molar-refractivity contribution in [1.29, 1.82) is 0 Å². The molecular weight excluding hydrogens is 609 g/mol. The lowest BCUT2D eigenvalue weighted by Crippen LogP contribution is -2.13. The van der Waals surface area contributed by atoms with E-state index >= 15 is 0 Å². The van der Waals surface area contributed by atoms with Gasteiger partial charge in [-0.15, -0.1) is 0 Å². The molecule has 0 unspecified atom stereocenters. The zero-order chi connectivity index (χ0) is 32.9. The average molecular weight is 637 g/mol. The standard InChI is InChI=1S/C47H28N2O/c50-47-41-22-10-19-38(45(41)40-21-11-20-39-37-18-5-8-25-44(37)49(47)46(39)40)34-27-26-31(32-14-1-2-15-33(32)34)29-12-9-13-30(28-29)48-42-23-6-3-16-35(42)36-17-4-7-24-43(36)48/h1-28H. The molecule has 3 nitrogen and oxygen atoms in total. The maximum absolute atomic E-state index is 14.3. The number of benzene rings is 8. The van der Waals surface area contributed by atoms with Gasteiger partial charge in [-0.25, -0.2) is 0 Å². The Bertz CT molecular complexity index is 3180. The molecule has 0 amide bonds. The highest BCUT2D eigenvalue weighted by molar-refractivity contribution is 6.24. The van der Waals surface area contributed by atoms with Crippen molar-refractivity contribution < 1.29 is 0 Å². The minimum atomic E-state index is 0.0227. The highest BCUT2D eigenvalue weighted by atomic mass is 16.1. The quantitative estimate of drug-likeness (QED) is 0.177. The van der Waals surface area contributed by atoms with E-state index in [2.05, 4.69) is 144 Å². The third kappa shape index (κ3) is 3.61. The fourth-order valence-electron chi connectivity index (χ4n) is 8.60. The van der Waals surface area contributed by atoms with Gasteiger partial charge in [-0.3, -0.25) is 9.20 Å². The fraction of sp³-hybridized carbons (Fsp3) is 0. The van der Waals surface area contributed by atoms with E-state index in [9.17, 15) is 4.79 Å². The zero-order valence-electron chi connectivity index (χ0n) is 27.0. The van der Waals surface area contributed by atoms with Gasteiger partial charge in [-0.1, -0.05) is 133 Å². The van der Waals surface area contributed by atoms with Crippen molar-refractivity contribution in [2.45, 2.75) is 0 Å². The molecule has 0 bridgehead atoms. The first-order chi connectivity index (χ1) is 24.8. The van der Waals surface area contributed by atoms with Gasteiger partial charge < -0.3 is 4.57 Å². The number of hydrogen-bond donors (Lipinski definition) is 0. The first-order valence-corrected chi connectivity index (χ1v) is 17.1. The van der Waals surface area contributed by atoms with E-state index in [0.717, 1.165) is 65.7 Å². The van der Waals surface area contributed by atoms with Crippen LogP contribution in [0.15, 0.2) is 175 Å². The number of pyridine rings is 1. The second-order valence-electron chi connectivity index (χ2n) is 13.2. The predicted octanol–water partition coefficient (Wildman–Crippen LogP) is 11.8. The Morgan fingerprint density at radius 2 is 0.880 bits per heavy atom. The van der Waals surface area contributed by atoms with Crippen LogP contribution in [0.4, 0.5) is 0 Å². The van der Waals surface area contributed by atoms with Crippen LogP contribution in [0.3, 0.4) is 0 Å². The van der Waals surface area contributed by atoms with Crippen molar-refractivity contribution in [2.24, 2.45) is 0 Å². The van der Waals surface area contributed by atoms with Crippen LogP contribution in [0.2, 0.25) is 0 Å². The Balaban J connectivity index is 1.15. The number of nitrogens with zero attached hydrogens (tertiary/aromatic N) is 2. The largest absolute Gasteiger partial charge is 0.309 e. The Morgan fingerprint density at radius 1 is 0.360 bits per heavy atom. The zero-order valence-corrected chi connectivity index (χ0v) is 27.0. The van der Waals surface area contributed by atoms with Crippen LogP contribution in [0, 0.1) is 0 Å². The third-order valence-electron chi connectivity index (χ3n) is 10.7. The maximum atomic E-state index is 14.3. The Morgan fingerprint density at radius 3 is 1.62 bits per heavy atom. The van der Waals surface area contributed by atoms with Crippen LogP contribution in [-0.2, 0) is 0 Å². The van der Waals surface area contributed by atoms with Crippen molar-refractivity contribution in [3.63, 3.8) is 0 Å². The van der Waals surface area contributed by atoms with Crippen LogP contribution >= 0.6 is 0 Å². The molecule has 0 radical (unpaired) electrons. The molecule has 0 aliphatic rings. The summed E-state index contributed by atoms with van der Waals surface area (Å²) in [5.74, 6) is 0. The monoisotopic (exact) mass is 636 g/mol. The molecule has 0 N–H and O–H groups in total. The van der Waals surface area contributed by atoms with Gasteiger partial charge in [0.1, 0.15) is 0 Å². The summed E-state index contributed by atoms with van der Waals surface area (Å²) in [5, 5.41) is 9.88. The summed E-state index contributed by atoms with van der Waals surface area (Å²) in [4.78, 5) is 14.3. The van der Waals surface area contributed by atoms with Crippen molar-refractivity contribution in [3.05, 3.63) is 180 Å². The number of fused-ring (bicyclic) bond motifs is 9. The average Bonchev–Trinajstić information content (AvgIpc) is 3.70. The van der Waals surface area contributed by atoms with Crippen molar-refractivity contribution in [1.82, 2.24) is 8.97 Å². The molecule has 8 aromatic carbocycles. The summed E-state index contributed by atoms with van der Waals surface area (Å²) in [6, 6.07) is 60.2. The molecule has 50 heavy (non-hydrogen) atoms. The molecular formula is C47H28N2O. The second-order valence-corrected chi connectivity index (χ2v) is 13.2. The first kappa shape index (κ1) is 27.3. The second kappa shape index (κ2) is 10.1. The van der Waals surface area contributed by atoms with Gasteiger partial charge >= 0.3 is 0 Å². The van der Waals surface area contributed by atoms with Crippen molar-refractivity contribution in [3.8, 4) is 27.9 Å². The number of rotatable bonds is 3. The minimum Gasteiger partial charge on any atom is -0.309 e. The lowest BCUT2D eigenvalue weighted by molar-refractivity contribution is 1.18. The van der Waals surface area contributed by atoms with Crippen molar-refractivity contribution >= 4 is 70.5 Å². The Hall–Kier alpha value is -6.71. The van der Waals surface area contributed by atoms with E-state index in [-0.39, 0.29) is 5.56 Å². The first-order valence-electron chi connectivity index (χ1n) is 17.1. The van der Waals surface area contributed by atoms with E-state index < -0.39 is 0 Å². The molecule has 232 valence electrons. The molecule has 0 aliphatic carbocycles. The van der Waals surface area contributed by atoms with Gasteiger partial charge in [0.2, 0.25) is 0 Å². The minimum absolute atomic E-state index is 0.0227. The van der Waals surface area contributed by atoms with E-state index in [1.165, 1.54) is 32.8 Å². The summed E-state index contributed by atoms with van der Waals surface area (Å²) in [6.45, 7) is 0. The molecule has 0 atom stereocenters. The Kier molecular flexibility index (Phi) is 5.53. The number of para-hydroxylation sites is 4. The Labute approximate surface area is 286 Å². The predicted molar refractivity (Wildman–Crippen MR) is 210 cm³/mol. The molecule has 0 saturated carbocycles. The van der Waals surface area contributed by atoms with E-state index in [4.69, 9.17) is 0 Å². The summed E-state index contributed by atoms with van der Waals surface area (Å²) < 4.78 is 4.29. The molecule has 0 aliphatic heterocycles. The van der Waals surface area contributed by atoms with Gasteiger partial charge in [0, 0.05) is 43.4 Å². The highest BCUT2D eigenvalue weighted by Gasteiger charge is 2.20. The lowest BCUT2D eigenvalue weighted by atomic mass is 9.89. The summed E-state index contributed by atoms with van der Waals surface area (Å²) in [5.41, 5.74) is 10.0. The van der Waals surface area contributed by atoms with E-state index in [1.54, 1.807) is 0 Å². The van der Waals surface area contributed by atoms with Gasteiger partial charge in [-0.2, -0.15) is 0 Å². The number of hydrogen-bond acceptors (Lipinski definition) is 1. The smallest absolute Gasteiger partial charge is 0.263 e. The molecule has 0 saturated heterocycles. The molecule has 3 heteroatoms.